The van der Waals surface area contributed by atoms with Crippen LogP contribution in [0.2, 0.25) is 0 Å². The van der Waals surface area contributed by atoms with Crippen LogP contribution in [0.1, 0.15) is 290 Å². The first kappa shape index (κ1) is 66.0. The molecule has 0 aromatic heterocycles. The number of likely N-dealkylation sites (N-methyl/N-ethyl adjacent to an activating group) is 1. The molecule has 0 heterocycles. The van der Waals surface area contributed by atoms with E-state index in [0.29, 0.717) is 17.4 Å². The molecule has 0 spiro atoms. The van der Waals surface area contributed by atoms with Gasteiger partial charge < -0.3 is 28.8 Å². The average Bonchev–Trinajstić information content (AvgIpc) is 3.29. The maximum absolute atomic E-state index is 13.0. The zero-order valence-corrected chi connectivity index (χ0v) is 46.3. The molecule has 3 atom stereocenters. The van der Waals surface area contributed by atoms with Gasteiger partial charge in [-0.05, 0) is 32.1 Å². The standard InChI is InChI=1S/C58H115N2O6P/c1-6-8-10-12-14-16-18-20-22-24-26-28-30-32-34-36-38-40-42-44-46-48-50-52-58(62)59-56(55-66-67(63,64)65-54-53-60(3,4)5)57(61)51-49-47-45-43-41-39-37-35-33-31-29-27-25-23-21-19-17-15-13-11-9-7-2/h41,43,49,51,56-57,61H,6-40,42,44-48,50,52-55H2,1-5H3,(H-,59,62,63,64)/b43-41+,51-49+. The quantitative estimate of drug-likeness (QED) is 0.0272. The van der Waals surface area contributed by atoms with Crippen LogP contribution >= 0.6 is 7.82 Å². The van der Waals surface area contributed by atoms with Gasteiger partial charge in [-0.25, -0.2) is 0 Å². The van der Waals surface area contributed by atoms with Gasteiger partial charge in [0.25, 0.3) is 7.82 Å². The fourth-order valence-electron chi connectivity index (χ4n) is 8.82. The molecule has 0 aliphatic heterocycles. The highest BCUT2D eigenvalue weighted by Crippen LogP contribution is 2.38. The van der Waals surface area contributed by atoms with Crippen molar-refractivity contribution in [2.75, 3.05) is 40.9 Å². The largest absolute Gasteiger partial charge is 0.756 e. The Labute approximate surface area is 417 Å². The Balaban J connectivity index is 4.22. The lowest BCUT2D eigenvalue weighted by Gasteiger charge is -2.29. The first-order valence-electron chi connectivity index (χ1n) is 29.2. The van der Waals surface area contributed by atoms with Gasteiger partial charge in [0.1, 0.15) is 13.2 Å². The topological polar surface area (TPSA) is 108 Å². The molecule has 0 aliphatic rings. The van der Waals surface area contributed by atoms with Gasteiger partial charge in [0.05, 0.1) is 39.9 Å². The summed E-state index contributed by atoms with van der Waals surface area (Å²) >= 11 is 0. The summed E-state index contributed by atoms with van der Waals surface area (Å²) < 4.78 is 23.3. The van der Waals surface area contributed by atoms with E-state index in [0.717, 1.165) is 38.5 Å². The second-order valence-corrected chi connectivity index (χ2v) is 22.8. The van der Waals surface area contributed by atoms with E-state index in [4.69, 9.17) is 9.05 Å². The van der Waals surface area contributed by atoms with Crippen molar-refractivity contribution in [3.63, 3.8) is 0 Å². The molecule has 1 amide bonds. The van der Waals surface area contributed by atoms with Crippen LogP contribution in [0.15, 0.2) is 24.3 Å². The van der Waals surface area contributed by atoms with Gasteiger partial charge in [-0.15, -0.1) is 0 Å². The van der Waals surface area contributed by atoms with E-state index in [9.17, 15) is 19.4 Å². The molecule has 9 heteroatoms. The molecule has 3 unspecified atom stereocenters. The van der Waals surface area contributed by atoms with Crippen LogP contribution in [0.4, 0.5) is 0 Å². The highest BCUT2D eigenvalue weighted by atomic mass is 31.2. The van der Waals surface area contributed by atoms with Gasteiger partial charge in [0, 0.05) is 6.42 Å². The van der Waals surface area contributed by atoms with E-state index in [1.54, 1.807) is 6.08 Å². The summed E-state index contributed by atoms with van der Waals surface area (Å²) in [6.45, 7) is 4.68. The van der Waals surface area contributed by atoms with Crippen molar-refractivity contribution in [1.29, 1.82) is 0 Å². The number of hydrogen-bond donors (Lipinski definition) is 2. The molecular formula is C58H115N2O6P. The van der Waals surface area contributed by atoms with Crippen molar-refractivity contribution in [3.05, 3.63) is 24.3 Å². The van der Waals surface area contributed by atoms with Crippen molar-refractivity contribution < 1.29 is 32.9 Å². The number of nitrogens with one attached hydrogen (secondary N) is 1. The molecule has 0 aliphatic carbocycles. The zero-order valence-electron chi connectivity index (χ0n) is 45.4. The number of quaternary nitrogens is 1. The van der Waals surface area contributed by atoms with E-state index in [1.165, 1.54) is 231 Å². The molecule has 0 bridgehead atoms. The summed E-state index contributed by atoms with van der Waals surface area (Å²) in [6, 6.07) is -0.900. The van der Waals surface area contributed by atoms with Crippen LogP contribution in [0.3, 0.4) is 0 Å². The van der Waals surface area contributed by atoms with Crippen molar-refractivity contribution in [2.24, 2.45) is 0 Å². The van der Waals surface area contributed by atoms with Crippen LogP contribution < -0.4 is 10.2 Å². The SMILES string of the molecule is CCCCCCCCCCCCCCCCCC/C=C/CC/C=C/C(O)C(COP(=O)([O-])OCC[N+](C)(C)C)NC(=O)CCCCCCCCCCCCCCCCCCCCCCCCC. The first-order valence-corrected chi connectivity index (χ1v) is 30.7. The predicted octanol–water partition coefficient (Wildman–Crippen LogP) is 17.0. The Morgan fingerprint density at radius 1 is 0.507 bits per heavy atom. The third kappa shape index (κ3) is 52.6. The smallest absolute Gasteiger partial charge is 0.268 e. The Morgan fingerprint density at radius 2 is 0.836 bits per heavy atom. The number of rotatable bonds is 54. The number of allylic oxidation sites excluding steroid dienone is 3. The van der Waals surface area contributed by atoms with E-state index in [-0.39, 0.29) is 19.1 Å². The summed E-state index contributed by atoms with van der Waals surface area (Å²) in [5.41, 5.74) is 0. The number of hydrogen-bond acceptors (Lipinski definition) is 6. The van der Waals surface area contributed by atoms with Crippen LogP contribution in [0.5, 0.6) is 0 Å². The lowest BCUT2D eigenvalue weighted by atomic mass is 10.0. The van der Waals surface area contributed by atoms with Crippen LogP contribution in [0, 0.1) is 0 Å². The van der Waals surface area contributed by atoms with Crippen molar-refractivity contribution in [2.45, 2.75) is 302 Å². The minimum atomic E-state index is -4.60. The van der Waals surface area contributed by atoms with Crippen molar-refractivity contribution >= 4 is 13.7 Å². The maximum Gasteiger partial charge on any atom is 0.268 e. The summed E-state index contributed by atoms with van der Waals surface area (Å²) in [7, 11) is 1.26. The molecule has 0 aromatic carbocycles. The van der Waals surface area contributed by atoms with Crippen molar-refractivity contribution in [1.82, 2.24) is 5.32 Å². The second kappa shape index (κ2) is 49.9. The number of unbranched alkanes of at least 4 members (excludes halogenated alkanes) is 39. The molecule has 398 valence electrons. The lowest BCUT2D eigenvalue weighted by molar-refractivity contribution is -0.870. The third-order valence-corrected chi connectivity index (χ3v) is 14.4. The molecule has 0 saturated carbocycles. The monoisotopic (exact) mass is 967 g/mol. The van der Waals surface area contributed by atoms with Crippen LogP contribution in [0.25, 0.3) is 0 Å². The van der Waals surface area contributed by atoms with Gasteiger partial charge in [-0.3, -0.25) is 9.36 Å². The molecule has 8 nitrogen and oxygen atoms in total. The first-order chi connectivity index (χ1) is 32.5. The van der Waals surface area contributed by atoms with Gasteiger partial charge in [-0.2, -0.15) is 0 Å². The fourth-order valence-corrected chi connectivity index (χ4v) is 9.54. The van der Waals surface area contributed by atoms with Crippen LogP contribution in [-0.2, 0) is 18.4 Å². The lowest BCUT2D eigenvalue weighted by Crippen LogP contribution is -2.45. The molecule has 2 N–H and O–H groups in total. The minimum Gasteiger partial charge on any atom is -0.756 e. The van der Waals surface area contributed by atoms with E-state index in [1.807, 2.05) is 27.2 Å². The predicted molar refractivity (Wildman–Crippen MR) is 289 cm³/mol. The number of phosphoric ester groups is 1. The maximum atomic E-state index is 13.0. The number of phosphoric acid groups is 1. The van der Waals surface area contributed by atoms with Crippen LogP contribution in [-0.4, -0.2) is 68.5 Å². The Bertz CT molecular complexity index is 1140. The summed E-state index contributed by atoms with van der Waals surface area (Å²) in [6.07, 6.45) is 62.6. The third-order valence-electron chi connectivity index (χ3n) is 13.4. The molecule has 0 fully saturated rings. The number of aliphatic hydroxyl groups is 1. The van der Waals surface area contributed by atoms with E-state index >= 15 is 0 Å². The molecule has 0 saturated heterocycles. The van der Waals surface area contributed by atoms with E-state index < -0.39 is 20.0 Å². The molecular weight excluding hydrogens is 852 g/mol. The summed E-state index contributed by atoms with van der Waals surface area (Å²) in [5.74, 6) is -0.201. The molecule has 67 heavy (non-hydrogen) atoms. The average molecular weight is 968 g/mol. The number of amides is 1. The molecule has 0 aromatic rings. The van der Waals surface area contributed by atoms with Crippen molar-refractivity contribution in [3.8, 4) is 0 Å². The fraction of sp³-hybridized carbons (Fsp3) is 0.914. The minimum absolute atomic E-state index is 0.00368. The zero-order chi connectivity index (χ0) is 49.2. The number of carbonyl (C=O) groups is 1. The Hall–Kier alpha value is -1.02. The number of nitrogens with zero attached hydrogens (tertiary/aromatic N) is 1. The second-order valence-electron chi connectivity index (χ2n) is 21.4. The molecule has 0 radical (unpaired) electrons. The van der Waals surface area contributed by atoms with Gasteiger partial charge in [0.2, 0.25) is 5.91 Å². The van der Waals surface area contributed by atoms with Gasteiger partial charge >= 0.3 is 0 Å². The van der Waals surface area contributed by atoms with E-state index in [2.05, 4.69) is 31.3 Å². The van der Waals surface area contributed by atoms with Gasteiger partial charge in [0.15, 0.2) is 0 Å². The molecule has 0 rings (SSSR count). The normalized spacial score (nSPS) is 14.1. The Morgan fingerprint density at radius 3 is 1.21 bits per heavy atom. The number of carbonyl (C=O) groups excluding carboxylic acids is 1. The summed E-state index contributed by atoms with van der Waals surface area (Å²) in [4.78, 5) is 25.5. The van der Waals surface area contributed by atoms with Gasteiger partial charge in [-0.1, -0.05) is 276 Å². The number of aliphatic hydroxyl groups excluding tert-OH is 1. The summed E-state index contributed by atoms with van der Waals surface area (Å²) in [5, 5.41) is 13.9. The highest BCUT2D eigenvalue weighted by molar-refractivity contribution is 7.45. The highest BCUT2D eigenvalue weighted by Gasteiger charge is 2.23. The Kier molecular flexibility index (Phi) is 49.2.